The van der Waals surface area contributed by atoms with Crippen molar-refractivity contribution in [2.75, 3.05) is 6.61 Å². The van der Waals surface area contributed by atoms with Gasteiger partial charge in [-0.1, -0.05) is 19.1 Å². The van der Waals surface area contributed by atoms with Gasteiger partial charge in [0.2, 0.25) is 0 Å². The van der Waals surface area contributed by atoms with Crippen molar-refractivity contribution in [3.05, 3.63) is 29.8 Å². The van der Waals surface area contributed by atoms with E-state index in [1.165, 1.54) is 0 Å². The highest BCUT2D eigenvalue weighted by Crippen LogP contribution is 2.29. The molecule has 1 atom stereocenters. The molecule has 1 nitrogen and oxygen atoms in total. The second-order valence-electron chi connectivity index (χ2n) is 3.51. The number of alkyl halides is 1. The second-order valence-corrected chi connectivity index (χ2v) is 3.51. The van der Waals surface area contributed by atoms with Gasteiger partial charge in [-0.15, -0.1) is 0 Å². The Kier molecular flexibility index (Phi) is 3.50. The van der Waals surface area contributed by atoms with Crippen molar-refractivity contribution < 1.29 is 9.13 Å². The first-order chi connectivity index (χ1) is 6.60. The lowest BCUT2D eigenvalue weighted by atomic mass is 9.95. The SMILES string of the molecule is CCOc1ccc(C(C)(F)CC)cc1. The van der Waals surface area contributed by atoms with Crippen LogP contribution in [-0.4, -0.2) is 6.61 Å². The van der Waals surface area contributed by atoms with Crippen molar-refractivity contribution in [2.45, 2.75) is 32.9 Å². The van der Waals surface area contributed by atoms with Crippen LogP contribution in [0.1, 0.15) is 32.8 Å². The van der Waals surface area contributed by atoms with Crippen LogP contribution in [0.2, 0.25) is 0 Å². The Morgan fingerprint density at radius 2 is 1.79 bits per heavy atom. The van der Waals surface area contributed by atoms with Crippen molar-refractivity contribution in [1.29, 1.82) is 0 Å². The topological polar surface area (TPSA) is 9.23 Å². The third-order valence-electron chi connectivity index (χ3n) is 2.43. The summed E-state index contributed by atoms with van der Waals surface area (Å²) in [5, 5.41) is 0. The predicted octanol–water partition coefficient (Wildman–Crippen LogP) is 3.68. The Balaban J connectivity index is 2.82. The van der Waals surface area contributed by atoms with Gasteiger partial charge in [-0.2, -0.15) is 0 Å². The summed E-state index contributed by atoms with van der Waals surface area (Å²) < 4.78 is 19.1. The molecule has 1 aromatic carbocycles. The molecule has 0 fully saturated rings. The maximum atomic E-state index is 13.8. The average molecular weight is 196 g/mol. The molecule has 0 radical (unpaired) electrons. The fraction of sp³-hybridized carbons (Fsp3) is 0.500. The summed E-state index contributed by atoms with van der Waals surface area (Å²) in [6.45, 7) is 6.01. The summed E-state index contributed by atoms with van der Waals surface area (Å²) in [6, 6.07) is 7.20. The van der Waals surface area contributed by atoms with Gasteiger partial charge in [-0.05, 0) is 38.0 Å². The minimum atomic E-state index is -1.23. The standard InChI is InChI=1S/C12H17FO/c1-4-12(3,13)10-6-8-11(9-7-10)14-5-2/h6-9H,4-5H2,1-3H3. The monoisotopic (exact) mass is 196 g/mol. The summed E-state index contributed by atoms with van der Waals surface area (Å²) in [4.78, 5) is 0. The molecular weight excluding hydrogens is 179 g/mol. The van der Waals surface area contributed by atoms with E-state index in [9.17, 15) is 4.39 Å². The largest absolute Gasteiger partial charge is 0.494 e. The van der Waals surface area contributed by atoms with Crippen molar-refractivity contribution in [3.63, 3.8) is 0 Å². The molecule has 1 aromatic rings. The average Bonchev–Trinajstić information content (AvgIpc) is 2.19. The predicted molar refractivity (Wildman–Crippen MR) is 56.4 cm³/mol. The number of hydrogen-bond donors (Lipinski definition) is 0. The smallest absolute Gasteiger partial charge is 0.133 e. The van der Waals surface area contributed by atoms with Crippen molar-refractivity contribution in [3.8, 4) is 5.75 Å². The van der Waals surface area contributed by atoms with Crippen LogP contribution in [0.4, 0.5) is 4.39 Å². The lowest BCUT2D eigenvalue weighted by Gasteiger charge is -2.18. The molecule has 1 rings (SSSR count). The molecule has 0 aromatic heterocycles. The van der Waals surface area contributed by atoms with Gasteiger partial charge in [0.15, 0.2) is 0 Å². The molecule has 0 bridgehead atoms. The number of rotatable bonds is 4. The molecule has 0 aliphatic rings. The molecule has 0 heterocycles. The molecule has 0 saturated carbocycles. The molecule has 0 spiro atoms. The van der Waals surface area contributed by atoms with Crippen LogP contribution in [0.5, 0.6) is 5.75 Å². The van der Waals surface area contributed by atoms with Gasteiger partial charge in [0.1, 0.15) is 11.4 Å². The van der Waals surface area contributed by atoms with E-state index in [1.807, 2.05) is 26.0 Å². The number of benzene rings is 1. The fourth-order valence-corrected chi connectivity index (χ4v) is 1.27. The van der Waals surface area contributed by atoms with E-state index in [-0.39, 0.29) is 0 Å². The minimum absolute atomic E-state index is 0.487. The van der Waals surface area contributed by atoms with Crippen molar-refractivity contribution >= 4 is 0 Å². The normalized spacial score (nSPS) is 14.9. The molecular formula is C12H17FO. The minimum Gasteiger partial charge on any atom is -0.494 e. The first-order valence-corrected chi connectivity index (χ1v) is 5.02. The highest BCUT2D eigenvalue weighted by atomic mass is 19.1. The van der Waals surface area contributed by atoms with E-state index >= 15 is 0 Å². The molecule has 0 aliphatic heterocycles. The molecule has 0 aliphatic carbocycles. The third kappa shape index (κ3) is 2.47. The van der Waals surface area contributed by atoms with Crippen LogP contribution >= 0.6 is 0 Å². The van der Waals surface area contributed by atoms with Crippen molar-refractivity contribution in [1.82, 2.24) is 0 Å². The molecule has 0 amide bonds. The Hall–Kier alpha value is -1.05. The Labute approximate surface area is 84.9 Å². The van der Waals surface area contributed by atoms with E-state index < -0.39 is 5.67 Å². The first kappa shape index (κ1) is 11.0. The molecule has 14 heavy (non-hydrogen) atoms. The van der Waals surface area contributed by atoms with Gasteiger partial charge in [-0.25, -0.2) is 4.39 Å². The Morgan fingerprint density at radius 1 is 1.21 bits per heavy atom. The van der Waals surface area contributed by atoms with E-state index in [0.29, 0.717) is 18.6 Å². The van der Waals surface area contributed by atoms with Crippen LogP contribution in [0.15, 0.2) is 24.3 Å². The molecule has 2 heteroatoms. The fourth-order valence-electron chi connectivity index (χ4n) is 1.27. The van der Waals surface area contributed by atoms with Gasteiger partial charge in [-0.3, -0.25) is 0 Å². The Morgan fingerprint density at radius 3 is 2.21 bits per heavy atom. The van der Waals surface area contributed by atoms with Gasteiger partial charge in [0.25, 0.3) is 0 Å². The molecule has 78 valence electrons. The highest BCUT2D eigenvalue weighted by Gasteiger charge is 2.22. The zero-order valence-corrected chi connectivity index (χ0v) is 9.01. The summed E-state index contributed by atoms with van der Waals surface area (Å²) in [5.41, 5.74) is -0.520. The van der Waals surface area contributed by atoms with Crippen LogP contribution in [0.25, 0.3) is 0 Å². The third-order valence-corrected chi connectivity index (χ3v) is 2.43. The highest BCUT2D eigenvalue weighted by molar-refractivity contribution is 5.30. The molecule has 0 saturated heterocycles. The summed E-state index contributed by atoms with van der Waals surface area (Å²) in [6.07, 6.45) is 0.487. The van der Waals surface area contributed by atoms with E-state index in [1.54, 1.807) is 19.1 Å². The molecule has 1 unspecified atom stereocenters. The van der Waals surface area contributed by atoms with Crippen LogP contribution in [0, 0.1) is 0 Å². The van der Waals surface area contributed by atoms with E-state index in [0.717, 1.165) is 5.75 Å². The van der Waals surface area contributed by atoms with Crippen LogP contribution in [0.3, 0.4) is 0 Å². The lowest BCUT2D eigenvalue weighted by Crippen LogP contribution is -2.13. The maximum absolute atomic E-state index is 13.8. The summed E-state index contributed by atoms with van der Waals surface area (Å²) in [7, 11) is 0. The van der Waals surface area contributed by atoms with Crippen molar-refractivity contribution in [2.24, 2.45) is 0 Å². The van der Waals surface area contributed by atoms with Crippen LogP contribution < -0.4 is 4.74 Å². The van der Waals surface area contributed by atoms with Gasteiger partial charge < -0.3 is 4.74 Å². The number of hydrogen-bond acceptors (Lipinski definition) is 1. The molecule has 0 N–H and O–H groups in total. The van der Waals surface area contributed by atoms with Gasteiger partial charge in [0.05, 0.1) is 6.61 Å². The number of halogens is 1. The quantitative estimate of drug-likeness (QED) is 0.713. The van der Waals surface area contributed by atoms with E-state index in [4.69, 9.17) is 4.74 Å². The van der Waals surface area contributed by atoms with Gasteiger partial charge in [0, 0.05) is 0 Å². The van der Waals surface area contributed by atoms with Gasteiger partial charge >= 0.3 is 0 Å². The summed E-state index contributed by atoms with van der Waals surface area (Å²) >= 11 is 0. The lowest BCUT2D eigenvalue weighted by molar-refractivity contribution is 0.185. The second kappa shape index (κ2) is 4.45. The Bertz CT molecular complexity index is 277. The maximum Gasteiger partial charge on any atom is 0.133 e. The number of ether oxygens (including phenoxy) is 1. The van der Waals surface area contributed by atoms with E-state index in [2.05, 4.69) is 0 Å². The zero-order valence-electron chi connectivity index (χ0n) is 9.01. The van der Waals surface area contributed by atoms with Crippen LogP contribution in [-0.2, 0) is 5.67 Å². The zero-order chi connectivity index (χ0) is 10.6. The first-order valence-electron chi connectivity index (χ1n) is 5.02. The summed E-state index contributed by atoms with van der Waals surface area (Å²) in [5.74, 6) is 0.795.